The van der Waals surface area contributed by atoms with Crippen LogP contribution < -0.4 is 4.90 Å². The van der Waals surface area contributed by atoms with Crippen molar-refractivity contribution in [2.75, 3.05) is 58.3 Å². The monoisotopic (exact) mass is 375 g/mol. The van der Waals surface area contributed by atoms with Crippen LogP contribution in [0.1, 0.15) is 24.2 Å². The van der Waals surface area contributed by atoms with Gasteiger partial charge in [0.25, 0.3) is 5.91 Å². The number of aliphatic hydroxyl groups is 1. The average Bonchev–Trinajstić information content (AvgIpc) is 3.03. The standard InChI is InChI=1S/C21H33N3O3/c1-15-9-23(10-16(2)27-15)11-18-12-24(13-19(18)14-25)21(26)17-6-5-7-20(8-17)22(3)4/h5-8,15-16,18-19,25H,9-14H2,1-4H3/t15-,16+,18-,19-/m1/s1. The van der Waals surface area contributed by atoms with Crippen LogP contribution in [0.25, 0.3) is 0 Å². The van der Waals surface area contributed by atoms with Crippen molar-refractivity contribution in [3.63, 3.8) is 0 Å². The zero-order chi connectivity index (χ0) is 19.6. The quantitative estimate of drug-likeness (QED) is 0.846. The lowest BCUT2D eigenvalue weighted by atomic mass is 9.96. The van der Waals surface area contributed by atoms with E-state index in [1.165, 1.54) is 0 Å². The van der Waals surface area contributed by atoms with Crippen LogP contribution in [0.2, 0.25) is 0 Å². The van der Waals surface area contributed by atoms with Gasteiger partial charge < -0.3 is 19.6 Å². The molecule has 2 aliphatic heterocycles. The van der Waals surface area contributed by atoms with Crippen LogP contribution in [-0.4, -0.2) is 86.4 Å². The minimum atomic E-state index is 0.0587. The molecule has 0 radical (unpaired) electrons. The lowest BCUT2D eigenvalue weighted by Gasteiger charge is -2.37. The molecule has 0 unspecified atom stereocenters. The number of morpholine rings is 1. The highest BCUT2D eigenvalue weighted by Gasteiger charge is 2.37. The van der Waals surface area contributed by atoms with Gasteiger partial charge in [-0.3, -0.25) is 9.69 Å². The summed E-state index contributed by atoms with van der Waals surface area (Å²) in [6.45, 7) is 8.41. The van der Waals surface area contributed by atoms with Gasteiger partial charge in [0.05, 0.1) is 12.2 Å². The Hall–Kier alpha value is -1.63. The molecule has 2 heterocycles. The van der Waals surface area contributed by atoms with Gasteiger partial charge in [0.1, 0.15) is 0 Å². The smallest absolute Gasteiger partial charge is 0.253 e. The van der Waals surface area contributed by atoms with E-state index >= 15 is 0 Å². The second kappa shape index (κ2) is 8.59. The summed E-state index contributed by atoms with van der Waals surface area (Å²) < 4.78 is 5.82. The second-order valence-electron chi connectivity index (χ2n) is 8.33. The number of rotatable bonds is 5. The summed E-state index contributed by atoms with van der Waals surface area (Å²) in [5.41, 5.74) is 1.73. The third-order valence-electron chi connectivity index (χ3n) is 5.70. The fraction of sp³-hybridized carbons (Fsp3) is 0.667. The first kappa shape index (κ1) is 20.1. The van der Waals surface area contributed by atoms with Gasteiger partial charge in [-0.25, -0.2) is 0 Å². The van der Waals surface area contributed by atoms with Crippen LogP contribution in [0.3, 0.4) is 0 Å². The molecule has 0 bridgehead atoms. The SMILES string of the molecule is C[C@@H]1CN(C[C@@H]2CN(C(=O)c3cccc(N(C)C)c3)C[C@@H]2CO)C[C@H](C)O1. The summed E-state index contributed by atoms with van der Waals surface area (Å²) in [4.78, 5) is 19.4. The lowest BCUT2D eigenvalue weighted by molar-refractivity contribution is -0.0726. The van der Waals surface area contributed by atoms with Crippen molar-refractivity contribution < 1.29 is 14.6 Å². The first-order valence-electron chi connectivity index (χ1n) is 9.92. The van der Waals surface area contributed by atoms with E-state index < -0.39 is 0 Å². The molecule has 6 heteroatoms. The summed E-state index contributed by atoms with van der Waals surface area (Å²) >= 11 is 0. The molecule has 0 saturated carbocycles. The number of carbonyl (C=O) groups excluding carboxylic acids is 1. The second-order valence-corrected chi connectivity index (χ2v) is 8.33. The van der Waals surface area contributed by atoms with Gasteiger partial charge in [0, 0.05) is 70.6 Å². The Morgan fingerprint density at radius 3 is 2.44 bits per heavy atom. The van der Waals surface area contributed by atoms with E-state index in [1.807, 2.05) is 48.2 Å². The molecule has 0 aromatic heterocycles. The van der Waals surface area contributed by atoms with Gasteiger partial charge in [-0.05, 0) is 38.0 Å². The zero-order valence-corrected chi connectivity index (χ0v) is 17.0. The number of carbonyl (C=O) groups is 1. The molecule has 6 nitrogen and oxygen atoms in total. The van der Waals surface area contributed by atoms with Crippen LogP contribution in [-0.2, 0) is 4.74 Å². The lowest BCUT2D eigenvalue weighted by Crippen LogP contribution is -2.48. The summed E-state index contributed by atoms with van der Waals surface area (Å²) in [7, 11) is 3.95. The number of benzene rings is 1. The summed E-state index contributed by atoms with van der Waals surface area (Å²) in [5, 5.41) is 9.87. The number of hydrogen-bond donors (Lipinski definition) is 1. The van der Waals surface area contributed by atoms with E-state index in [-0.39, 0.29) is 30.6 Å². The summed E-state index contributed by atoms with van der Waals surface area (Å²) in [6, 6.07) is 7.74. The van der Waals surface area contributed by atoms with E-state index in [0.29, 0.717) is 24.6 Å². The fourth-order valence-corrected chi connectivity index (χ4v) is 4.38. The largest absolute Gasteiger partial charge is 0.396 e. The van der Waals surface area contributed by atoms with E-state index in [1.54, 1.807) is 0 Å². The molecule has 1 N–H and O–H groups in total. The Morgan fingerprint density at radius 1 is 1.15 bits per heavy atom. The maximum atomic E-state index is 13.0. The molecule has 1 aromatic carbocycles. The Morgan fingerprint density at radius 2 is 1.81 bits per heavy atom. The minimum absolute atomic E-state index is 0.0587. The van der Waals surface area contributed by atoms with Crippen molar-refractivity contribution in [1.82, 2.24) is 9.80 Å². The normalized spacial score (nSPS) is 29.1. The molecule has 0 spiro atoms. The topological polar surface area (TPSA) is 56.2 Å². The maximum absolute atomic E-state index is 13.0. The third kappa shape index (κ3) is 4.81. The van der Waals surface area contributed by atoms with Crippen LogP contribution >= 0.6 is 0 Å². The van der Waals surface area contributed by atoms with Gasteiger partial charge in [-0.1, -0.05) is 6.07 Å². The number of amides is 1. The molecule has 2 saturated heterocycles. The average molecular weight is 376 g/mol. The highest BCUT2D eigenvalue weighted by Crippen LogP contribution is 2.27. The predicted octanol–water partition coefficient (Wildman–Crippen LogP) is 1.54. The number of ether oxygens (including phenoxy) is 1. The Balaban J connectivity index is 1.66. The number of aliphatic hydroxyl groups excluding tert-OH is 1. The number of anilines is 1. The van der Waals surface area contributed by atoms with Crippen molar-refractivity contribution >= 4 is 11.6 Å². The zero-order valence-electron chi connectivity index (χ0n) is 17.0. The van der Waals surface area contributed by atoms with Gasteiger partial charge in [-0.15, -0.1) is 0 Å². The first-order chi connectivity index (χ1) is 12.9. The summed E-state index contributed by atoms with van der Waals surface area (Å²) in [5.74, 6) is 0.497. The van der Waals surface area contributed by atoms with Crippen LogP contribution in [0, 0.1) is 11.8 Å². The molecule has 1 aromatic rings. The Kier molecular flexibility index (Phi) is 6.40. The van der Waals surface area contributed by atoms with E-state index in [0.717, 1.165) is 25.3 Å². The highest BCUT2D eigenvalue weighted by molar-refractivity contribution is 5.95. The van der Waals surface area contributed by atoms with Gasteiger partial charge in [-0.2, -0.15) is 0 Å². The van der Waals surface area contributed by atoms with E-state index in [9.17, 15) is 9.90 Å². The summed E-state index contributed by atoms with van der Waals surface area (Å²) in [6.07, 6.45) is 0.462. The van der Waals surface area contributed by atoms with Crippen LogP contribution in [0.5, 0.6) is 0 Å². The fourth-order valence-electron chi connectivity index (χ4n) is 4.38. The molecule has 150 valence electrons. The molecule has 1 amide bonds. The van der Waals surface area contributed by atoms with Crippen molar-refractivity contribution in [2.45, 2.75) is 26.1 Å². The molecular formula is C21H33N3O3. The minimum Gasteiger partial charge on any atom is -0.396 e. The number of likely N-dealkylation sites (tertiary alicyclic amines) is 1. The van der Waals surface area contributed by atoms with Crippen molar-refractivity contribution in [3.05, 3.63) is 29.8 Å². The maximum Gasteiger partial charge on any atom is 0.253 e. The van der Waals surface area contributed by atoms with E-state index in [2.05, 4.69) is 18.7 Å². The van der Waals surface area contributed by atoms with Crippen LogP contribution in [0.15, 0.2) is 24.3 Å². The number of nitrogens with zero attached hydrogens (tertiary/aromatic N) is 3. The van der Waals surface area contributed by atoms with Crippen LogP contribution in [0.4, 0.5) is 5.69 Å². The van der Waals surface area contributed by atoms with Gasteiger partial charge >= 0.3 is 0 Å². The molecule has 3 rings (SSSR count). The van der Waals surface area contributed by atoms with Gasteiger partial charge in [0.2, 0.25) is 0 Å². The number of hydrogen-bond acceptors (Lipinski definition) is 5. The molecular weight excluding hydrogens is 342 g/mol. The molecule has 2 fully saturated rings. The first-order valence-corrected chi connectivity index (χ1v) is 9.92. The van der Waals surface area contributed by atoms with Crippen molar-refractivity contribution in [3.8, 4) is 0 Å². The van der Waals surface area contributed by atoms with Gasteiger partial charge in [0.15, 0.2) is 0 Å². The highest BCUT2D eigenvalue weighted by atomic mass is 16.5. The molecule has 0 aliphatic carbocycles. The predicted molar refractivity (Wildman–Crippen MR) is 107 cm³/mol. The van der Waals surface area contributed by atoms with Crippen molar-refractivity contribution in [1.29, 1.82) is 0 Å². The third-order valence-corrected chi connectivity index (χ3v) is 5.70. The Labute approximate surface area is 162 Å². The molecule has 4 atom stereocenters. The van der Waals surface area contributed by atoms with Crippen molar-refractivity contribution in [2.24, 2.45) is 11.8 Å². The molecule has 2 aliphatic rings. The van der Waals surface area contributed by atoms with E-state index in [4.69, 9.17) is 4.74 Å². The molecule has 27 heavy (non-hydrogen) atoms. The Bertz CT molecular complexity index is 641.